The van der Waals surface area contributed by atoms with Crippen molar-refractivity contribution in [1.29, 1.82) is 0 Å². The van der Waals surface area contributed by atoms with Crippen LogP contribution in [0, 0.1) is 5.92 Å². The highest BCUT2D eigenvalue weighted by atomic mass is 32.1. The number of carbonyl (C=O) groups is 1. The second-order valence-corrected chi connectivity index (χ2v) is 3.80. The monoisotopic (exact) mass is 191 g/mol. The van der Waals surface area contributed by atoms with E-state index in [2.05, 4.69) is 19.6 Å². The molecule has 0 spiro atoms. The molecule has 3 nitrogen and oxygen atoms in total. The SMILES string of the molecule is CCC(C)C(S)CC(N)C(=O)O. The molecular weight excluding hydrogens is 174 g/mol. The van der Waals surface area contributed by atoms with Crippen molar-refractivity contribution in [3.8, 4) is 0 Å². The molecule has 0 saturated carbocycles. The van der Waals surface area contributed by atoms with Crippen molar-refractivity contribution in [3.05, 3.63) is 0 Å². The summed E-state index contributed by atoms with van der Waals surface area (Å²) in [5, 5.41) is 8.61. The number of thiol groups is 1. The third kappa shape index (κ3) is 3.97. The number of nitrogens with two attached hydrogens (primary N) is 1. The maximum atomic E-state index is 10.4. The van der Waals surface area contributed by atoms with Crippen LogP contribution in [0.25, 0.3) is 0 Å². The Kier molecular flexibility index (Phi) is 5.33. The van der Waals surface area contributed by atoms with E-state index in [0.717, 1.165) is 6.42 Å². The molecule has 0 aliphatic heterocycles. The molecule has 0 aromatic rings. The predicted molar refractivity (Wildman–Crippen MR) is 52.5 cm³/mol. The van der Waals surface area contributed by atoms with Gasteiger partial charge in [-0.3, -0.25) is 4.79 Å². The molecule has 0 aromatic carbocycles. The van der Waals surface area contributed by atoms with Gasteiger partial charge in [-0.2, -0.15) is 12.6 Å². The fourth-order valence-electron chi connectivity index (χ4n) is 0.865. The summed E-state index contributed by atoms with van der Waals surface area (Å²) in [5.74, 6) is -0.531. The Hall–Kier alpha value is -0.220. The molecule has 0 heterocycles. The molecule has 0 bridgehead atoms. The third-order valence-corrected chi connectivity index (χ3v) is 2.83. The fraction of sp³-hybridized carbons (Fsp3) is 0.875. The lowest BCUT2D eigenvalue weighted by molar-refractivity contribution is -0.138. The second kappa shape index (κ2) is 5.43. The molecule has 4 heteroatoms. The smallest absolute Gasteiger partial charge is 0.320 e. The highest BCUT2D eigenvalue weighted by Gasteiger charge is 2.19. The molecule has 0 rings (SSSR count). The average molecular weight is 191 g/mol. The zero-order valence-electron chi connectivity index (χ0n) is 7.53. The van der Waals surface area contributed by atoms with E-state index in [1.807, 2.05) is 6.92 Å². The van der Waals surface area contributed by atoms with Crippen LogP contribution < -0.4 is 5.73 Å². The van der Waals surface area contributed by atoms with Crippen LogP contribution in [0.1, 0.15) is 26.7 Å². The van der Waals surface area contributed by atoms with Gasteiger partial charge in [0.25, 0.3) is 0 Å². The largest absolute Gasteiger partial charge is 0.480 e. The van der Waals surface area contributed by atoms with Gasteiger partial charge in [-0.25, -0.2) is 0 Å². The molecular formula is C8H17NO2S. The van der Waals surface area contributed by atoms with E-state index in [4.69, 9.17) is 10.8 Å². The first-order valence-corrected chi connectivity index (χ1v) is 4.67. The van der Waals surface area contributed by atoms with Crippen LogP contribution in [0.3, 0.4) is 0 Å². The topological polar surface area (TPSA) is 63.3 Å². The Balaban J connectivity index is 3.83. The standard InChI is InChI=1S/C8H17NO2S/c1-3-5(2)7(12)4-6(9)8(10)11/h5-7,12H,3-4,9H2,1-2H3,(H,10,11). The van der Waals surface area contributed by atoms with Gasteiger partial charge in [-0.1, -0.05) is 20.3 Å². The van der Waals surface area contributed by atoms with Crippen molar-refractivity contribution >= 4 is 18.6 Å². The summed E-state index contributed by atoms with van der Waals surface area (Å²) in [6.07, 6.45) is 1.44. The maximum absolute atomic E-state index is 10.4. The predicted octanol–water partition coefficient (Wildman–Crippen LogP) is 1.13. The van der Waals surface area contributed by atoms with Gasteiger partial charge in [0.05, 0.1) is 0 Å². The Labute approximate surface area is 78.7 Å². The molecule has 3 atom stereocenters. The molecule has 3 unspecified atom stereocenters. The first-order valence-electron chi connectivity index (χ1n) is 4.15. The number of hydrogen-bond acceptors (Lipinski definition) is 3. The van der Waals surface area contributed by atoms with Crippen molar-refractivity contribution in [3.63, 3.8) is 0 Å². The van der Waals surface area contributed by atoms with Gasteiger partial charge < -0.3 is 10.8 Å². The highest BCUT2D eigenvalue weighted by Crippen LogP contribution is 2.17. The molecule has 0 fully saturated rings. The number of carboxylic acid groups (broad SMARTS) is 1. The molecule has 3 N–H and O–H groups in total. The van der Waals surface area contributed by atoms with Crippen LogP contribution >= 0.6 is 12.6 Å². The summed E-state index contributed by atoms with van der Waals surface area (Å²) in [6, 6.07) is -0.776. The quantitative estimate of drug-likeness (QED) is 0.571. The van der Waals surface area contributed by atoms with E-state index in [-0.39, 0.29) is 5.25 Å². The summed E-state index contributed by atoms with van der Waals surface area (Å²) in [5.41, 5.74) is 5.36. The molecule has 72 valence electrons. The molecule has 0 radical (unpaired) electrons. The van der Waals surface area contributed by atoms with Gasteiger partial charge >= 0.3 is 5.97 Å². The maximum Gasteiger partial charge on any atom is 0.320 e. The van der Waals surface area contributed by atoms with E-state index in [9.17, 15) is 4.79 Å². The van der Waals surface area contributed by atoms with Gasteiger partial charge in [-0.05, 0) is 12.3 Å². The summed E-state index contributed by atoms with van der Waals surface area (Å²) >= 11 is 4.30. The number of carboxylic acids is 1. The second-order valence-electron chi connectivity index (χ2n) is 3.13. The molecule has 0 aromatic heterocycles. The number of rotatable bonds is 5. The normalized spacial score (nSPS) is 18.3. The minimum atomic E-state index is -0.947. The minimum absolute atomic E-state index is 0.0844. The lowest BCUT2D eigenvalue weighted by Gasteiger charge is -2.18. The summed E-state index contributed by atoms with van der Waals surface area (Å²) in [7, 11) is 0. The van der Waals surface area contributed by atoms with Crippen molar-refractivity contribution < 1.29 is 9.90 Å². The Bertz CT molecular complexity index is 152. The molecule has 12 heavy (non-hydrogen) atoms. The van der Waals surface area contributed by atoms with E-state index in [1.165, 1.54) is 0 Å². The van der Waals surface area contributed by atoms with E-state index in [1.54, 1.807) is 0 Å². The minimum Gasteiger partial charge on any atom is -0.480 e. The van der Waals surface area contributed by atoms with Crippen molar-refractivity contribution in [2.75, 3.05) is 0 Å². The van der Waals surface area contributed by atoms with Gasteiger partial charge in [0.2, 0.25) is 0 Å². The summed E-state index contributed by atoms with van der Waals surface area (Å²) < 4.78 is 0. The van der Waals surface area contributed by atoms with Gasteiger partial charge in [0.15, 0.2) is 0 Å². The first kappa shape index (κ1) is 11.8. The van der Waals surface area contributed by atoms with Gasteiger partial charge in [0.1, 0.15) is 6.04 Å². The number of hydrogen-bond donors (Lipinski definition) is 3. The zero-order valence-corrected chi connectivity index (χ0v) is 8.42. The van der Waals surface area contributed by atoms with Crippen LogP contribution in [0.4, 0.5) is 0 Å². The first-order chi connectivity index (χ1) is 5.49. The summed E-state index contributed by atoms with van der Waals surface area (Å²) in [6.45, 7) is 4.10. The van der Waals surface area contributed by atoms with Crippen LogP contribution in [0.2, 0.25) is 0 Å². The van der Waals surface area contributed by atoms with Crippen molar-refractivity contribution in [2.24, 2.45) is 11.7 Å². The van der Waals surface area contributed by atoms with Crippen LogP contribution in [-0.4, -0.2) is 22.4 Å². The Morgan fingerprint density at radius 3 is 2.50 bits per heavy atom. The Morgan fingerprint density at radius 1 is 1.67 bits per heavy atom. The Morgan fingerprint density at radius 2 is 2.17 bits per heavy atom. The molecule has 0 aliphatic rings. The van der Waals surface area contributed by atoms with Gasteiger partial charge in [0, 0.05) is 5.25 Å². The fourth-order valence-corrected chi connectivity index (χ4v) is 1.30. The molecule has 0 aliphatic carbocycles. The van der Waals surface area contributed by atoms with Crippen LogP contribution in [0.5, 0.6) is 0 Å². The lowest BCUT2D eigenvalue weighted by atomic mass is 9.99. The van der Waals surface area contributed by atoms with Gasteiger partial charge in [-0.15, -0.1) is 0 Å². The van der Waals surface area contributed by atoms with Crippen LogP contribution in [-0.2, 0) is 4.79 Å². The van der Waals surface area contributed by atoms with Crippen molar-refractivity contribution in [1.82, 2.24) is 0 Å². The third-order valence-electron chi connectivity index (χ3n) is 2.11. The van der Waals surface area contributed by atoms with Crippen LogP contribution in [0.15, 0.2) is 0 Å². The highest BCUT2D eigenvalue weighted by molar-refractivity contribution is 7.81. The van der Waals surface area contributed by atoms with E-state index < -0.39 is 12.0 Å². The molecule has 0 amide bonds. The average Bonchev–Trinajstić information content (AvgIpc) is 2.02. The molecule has 0 saturated heterocycles. The zero-order chi connectivity index (χ0) is 9.72. The number of aliphatic carboxylic acids is 1. The van der Waals surface area contributed by atoms with Crippen molar-refractivity contribution in [2.45, 2.75) is 38.0 Å². The van der Waals surface area contributed by atoms with E-state index in [0.29, 0.717) is 12.3 Å². The lowest BCUT2D eigenvalue weighted by Crippen LogP contribution is -2.34. The summed E-state index contributed by atoms with van der Waals surface area (Å²) in [4.78, 5) is 10.4. The van der Waals surface area contributed by atoms with E-state index >= 15 is 0 Å².